The first-order chi connectivity index (χ1) is 5.87. The third-order valence-corrected chi connectivity index (χ3v) is 2.28. The van der Waals surface area contributed by atoms with Crippen LogP contribution in [0.4, 0.5) is 13.2 Å². The fraction of sp³-hybridized carbons (Fsp3) is 0.500. The van der Waals surface area contributed by atoms with Crippen molar-refractivity contribution in [1.29, 1.82) is 0 Å². The van der Waals surface area contributed by atoms with Gasteiger partial charge < -0.3 is 4.57 Å². The Balaban J connectivity index is 3.23. The Kier molecular flexibility index (Phi) is 2.72. The van der Waals surface area contributed by atoms with Crippen molar-refractivity contribution in [3.63, 3.8) is 0 Å². The molecule has 2 nitrogen and oxygen atoms in total. The van der Waals surface area contributed by atoms with E-state index in [4.69, 9.17) is 11.6 Å². The standard InChI is InChI=1S/C6H6ClF3N2S/c1-11-2-3-12(5(11)13)6(9,10)4(7)8/h2-4H,1H3/t4-/m1/s1. The summed E-state index contributed by atoms with van der Waals surface area (Å²) in [6.45, 7) is 0. The van der Waals surface area contributed by atoms with Gasteiger partial charge >= 0.3 is 6.05 Å². The highest BCUT2D eigenvalue weighted by Crippen LogP contribution is 2.30. The van der Waals surface area contributed by atoms with E-state index in [1.165, 1.54) is 17.8 Å². The minimum absolute atomic E-state index is 0.187. The molecule has 0 saturated carbocycles. The molecule has 0 fully saturated rings. The van der Waals surface area contributed by atoms with Crippen molar-refractivity contribution < 1.29 is 13.2 Å². The second-order valence-corrected chi connectivity index (χ2v) is 3.20. The Morgan fingerprint density at radius 3 is 2.38 bits per heavy atom. The first kappa shape index (κ1) is 10.6. The second kappa shape index (κ2) is 3.34. The fourth-order valence-electron chi connectivity index (χ4n) is 0.796. The summed E-state index contributed by atoms with van der Waals surface area (Å²) >= 11 is 9.31. The number of hydrogen-bond donors (Lipinski definition) is 0. The van der Waals surface area contributed by atoms with Gasteiger partial charge in [-0.2, -0.15) is 8.78 Å². The molecular weight excluding hydrogens is 225 g/mol. The van der Waals surface area contributed by atoms with E-state index in [0.717, 1.165) is 6.20 Å². The molecule has 1 heterocycles. The van der Waals surface area contributed by atoms with Crippen LogP contribution in [0.3, 0.4) is 0 Å². The van der Waals surface area contributed by atoms with Crippen LogP contribution in [-0.4, -0.2) is 14.8 Å². The number of hydrogen-bond acceptors (Lipinski definition) is 1. The van der Waals surface area contributed by atoms with Crippen molar-refractivity contribution in [2.24, 2.45) is 7.05 Å². The number of nitrogens with zero attached hydrogens (tertiary/aromatic N) is 2. The van der Waals surface area contributed by atoms with Gasteiger partial charge in [0.25, 0.3) is 5.63 Å². The molecular formula is C6H6ClF3N2S. The van der Waals surface area contributed by atoms with Crippen molar-refractivity contribution in [2.75, 3.05) is 0 Å². The van der Waals surface area contributed by atoms with Crippen LogP contribution >= 0.6 is 23.8 Å². The SMILES string of the molecule is Cn1ccn(C(F)(F)[C@@H](F)Cl)c1=S. The molecule has 1 aromatic heterocycles. The van der Waals surface area contributed by atoms with E-state index in [0.29, 0.717) is 4.57 Å². The first-order valence-electron chi connectivity index (χ1n) is 3.27. The van der Waals surface area contributed by atoms with Gasteiger partial charge in [0, 0.05) is 19.4 Å². The molecule has 0 aromatic carbocycles. The minimum Gasteiger partial charge on any atom is -0.327 e. The van der Waals surface area contributed by atoms with Gasteiger partial charge in [0.2, 0.25) is 0 Å². The van der Waals surface area contributed by atoms with Crippen LogP contribution in [0.5, 0.6) is 0 Å². The Hall–Kier alpha value is -0.490. The molecule has 1 atom stereocenters. The number of aryl methyl sites for hydroxylation is 1. The van der Waals surface area contributed by atoms with E-state index in [1.54, 1.807) is 0 Å². The first-order valence-corrected chi connectivity index (χ1v) is 4.12. The zero-order valence-electron chi connectivity index (χ0n) is 6.55. The summed E-state index contributed by atoms with van der Waals surface area (Å²) in [6, 6.07) is -3.81. The highest BCUT2D eigenvalue weighted by Gasteiger charge is 2.41. The molecule has 0 aliphatic rings. The van der Waals surface area contributed by atoms with Gasteiger partial charge in [-0.1, -0.05) is 11.6 Å². The third kappa shape index (κ3) is 1.73. The Morgan fingerprint density at radius 1 is 1.54 bits per heavy atom. The molecule has 0 N–H and O–H groups in total. The topological polar surface area (TPSA) is 9.86 Å². The molecule has 0 radical (unpaired) electrons. The van der Waals surface area contributed by atoms with Crippen molar-refractivity contribution in [2.45, 2.75) is 11.7 Å². The van der Waals surface area contributed by atoms with Crippen LogP contribution in [0.1, 0.15) is 0 Å². The van der Waals surface area contributed by atoms with E-state index in [-0.39, 0.29) is 4.77 Å². The molecule has 1 aromatic rings. The van der Waals surface area contributed by atoms with Crippen molar-refractivity contribution in [1.82, 2.24) is 9.13 Å². The highest BCUT2D eigenvalue weighted by molar-refractivity contribution is 7.71. The summed E-state index contributed by atoms with van der Waals surface area (Å²) in [5, 5.41) is 0. The summed E-state index contributed by atoms with van der Waals surface area (Å²) in [7, 11) is 1.48. The van der Waals surface area contributed by atoms with Crippen LogP contribution in [0.2, 0.25) is 0 Å². The van der Waals surface area contributed by atoms with Crippen LogP contribution in [0, 0.1) is 4.77 Å². The van der Waals surface area contributed by atoms with Gasteiger partial charge in [-0.05, 0) is 12.2 Å². The largest absolute Gasteiger partial charge is 0.376 e. The van der Waals surface area contributed by atoms with E-state index in [1.807, 2.05) is 0 Å². The van der Waals surface area contributed by atoms with Gasteiger partial charge in [0.15, 0.2) is 4.77 Å². The van der Waals surface area contributed by atoms with Crippen molar-refractivity contribution >= 4 is 23.8 Å². The maximum absolute atomic E-state index is 12.9. The lowest BCUT2D eigenvalue weighted by Crippen LogP contribution is -2.30. The number of imidazole rings is 1. The normalized spacial score (nSPS) is 14.5. The quantitative estimate of drug-likeness (QED) is 0.561. The average Bonchev–Trinajstić information content (AvgIpc) is 2.33. The molecule has 1 rings (SSSR count). The summed E-state index contributed by atoms with van der Waals surface area (Å²) in [6.07, 6.45) is 2.28. The number of halogens is 4. The maximum Gasteiger partial charge on any atom is 0.376 e. The second-order valence-electron chi connectivity index (χ2n) is 2.45. The van der Waals surface area contributed by atoms with Gasteiger partial charge in [-0.15, -0.1) is 0 Å². The van der Waals surface area contributed by atoms with Crippen molar-refractivity contribution in [3.05, 3.63) is 17.2 Å². The maximum atomic E-state index is 12.9. The molecule has 0 spiro atoms. The highest BCUT2D eigenvalue weighted by atomic mass is 35.5. The lowest BCUT2D eigenvalue weighted by molar-refractivity contribution is -0.117. The van der Waals surface area contributed by atoms with Crippen LogP contribution in [0.25, 0.3) is 0 Å². The monoisotopic (exact) mass is 230 g/mol. The molecule has 0 aliphatic heterocycles. The summed E-state index contributed by atoms with van der Waals surface area (Å²) in [5.41, 5.74) is -2.79. The Bertz CT molecular complexity index is 357. The number of rotatable bonds is 2. The molecule has 13 heavy (non-hydrogen) atoms. The van der Waals surface area contributed by atoms with Gasteiger partial charge in [0.05, 0.1) is 0 Å². The van der Waals surface area contributed by atoms with E-state index < -0.39 is 11.7 Å². The van der Waals surface area contributed by atoms with Gasteiger partial charge in [0.1, 0.15) is 0 Å². The van der Waals surface area contributed by atoms with Gasteiger partial charge in [-0.3, -0.25) is 4.57 Å². The molecule has 0 amide bonds. The summed E-state index contributed by atoms with van der Waals surface area (Å²) in [4.78, 5) is 0. The predicted octanol–water partition coefficient (Wildman–Crippen LogP) is 2.64. The average molecular weight is 231 g/mol. The van der Waals surface area contributed by atoms with Crippen LogP contribution < -0.4 is 0 Å². The van der Waals surface area contributed by atoms with E-state index in [9.17, 15) is 13.2 Å². The summed E-state index contributed by atoms with van der Waals surface area (Å²) in [5.74, 6) is 0. The predicted molar refractivity (Wildman–Crippen MR) is 45.2 cm³/mol. The lowest BCUT2D eigenvalue weighted by atomic mass is 10.6. The zero-order valence-corrected chi connectivity index (χ0v) is 8.12. The Morgan fingerprint density at radius 2 is 2.08 bits per heavy atom. The molecule has 0 bridgehead atoms. The van der Waals surface area contributed by atoms with Crippen LogP contribution in [-0.2, 0) is 13.1 Å². The molecule has 74 valence electrons. The Labute approximate surface area is 82.5 Å². The third-order valence-electron chi connectivity index (χ3n) is 1.53. The molecule has 0 saturated heterocycles. The minimum atomic E-state index is -3.81. The smallest absolute Gasteiger partial charge is 0.327 e. The van der Waals surface area contributed by atoms with E-state index in [2.05, 4.69) is 12.2 Å². The molecule has 7 heteroatoms. The number of aromatic nitrogens is 2. The van der Waals surface area contributed by atoms with E-state index >= 15 is 0 Å². The number of alkyl halides is 4. The zero-order chi connectivity index (χ0) is 10.2. The van der Waals surface area contributed by atoms with Gasteiger partial charge in [-0.25, -0.2) is 4.39 Å². The summed E-state index contributed by atoms with van der Waals surface area (Å²) < 4.78 is 39.5. The lowest BCUT2D eigenvalue weighted by Gasteiger charge is -2.17. The van der Waals surface area contributed by atoms with Crippen molar-refractivity contribution in [3.8, 4) is 0 Å². The molecule has 0 aliphatic carbocycles. The molecule has 0 unspecified atom stereocenters. The van der Waals surface area contributed by atoms with Crippen LogP contribution in [0.15, 0.2) is 12.4 Å². The fourth-order valence-corrected chi connectivity index (χ4v) is 1.14.